The van der Waals surface area contributed by atoms with Crippen LogP contribution in [0.1, 0.15) is 78.6 Å². The second-order valence-electron chi connectivity index (χ2n) is 10.1. The minimum Gasteiger partial charge on any atom is -0.394 e. The molecule has 0 unspecified atom stereocenters. The molecule has 0 heterocycles. The third-order valence-corrected chi connectivity index (χ3v) is 9.26. The van der Waals surface area contributed by atoms with Crippen LogP contribution in [0.2, 0.25) is 0 Å². The Bertz CT molecular complexity index is 476. The van der Waals surface area contributed by atoms with E-state index in [0.717, 1.165) is 24.7 Å². The molecule has 4 fully saturated rings. The Balaban J connectivity index is 1.61. The maximum absolute atomic E-state index is 10.3. The van der Waals surface area contributed by atoms with E-state index >= 15 is 0 Å². The molecule has 0 amide bonds. The molecule has 0 saturated heterocycles. The van der Waals surface area contributed by atoms with Crippen molar-refractivity contribution in [3.05, 3.63) is 0 Å². The third kappa shape index (κ3) is 1.75. The van der Waals surface area contributed by atoms with Crippen molar-refractivity contribution in [1.29, 1.82) is 0 Å². The van der Waals surface area contributed by atoms with Crippen LogP contribution in [0, 0.1) is 33.5 Å². The highest BCUT2D eigenvalue weighted by atomic mass is 16.3. The molecule has 4 aliphatic rings. The topological polar surface area (TPSA) is 40.5 Å². The molecule has 0 aliphatic heterocycles. The van der Waals surface area contributed by atoms with Gasteiger partial charge >= 0.3 is 0 Å². The minimum absolute atomic E-state index is 0.0645. The van der Waals surface area contributed by atoms with Crippen molar-refractivity contribution >= 4 is 0 Å². The number of aliphatic hydroxyl groups is 2. The Labute approximate surface area is 135 Å². The fourth-order valence-corrected chi connectivity index (χ4v) is 7.53. The van der Waals surface area contributed by atoms with Gasteiger partial charge in [0, 0.05) is 0 Å². The summed E-state index contributed by atoms with van der Waals surface area (Å²) in [5.74, 6) is 1.68. The lowest BCUT2D eigenvalue weighted by atomic mass is 9.45. The zero-order valence-corrected chi connectivity index (χ0v) is 14.7. The summed E-state index contributed by atoms with van der Waals surface area (Å²) in [6.07, 6.45) is 11.5. The molecule has 7 atom stereocenters. The van der Waals surface area contributed by atoms with Gasteiger partial charge in [-0.25, -0.2) is 0 Å². The van der Waals surface area contributed by atoms with Crippen LogP contribution in [0.5, 0.6) is 0 Å². The van der Waals surface area contributed by atoms with Gasteiger partial charge in [-0.3, -0.25) is 0 Å². The van der Waals surface area contributed by atoms with Crippen molar-refractivity contribution in [2.45, 2.75) is 84.7 Å². The van der Waals surface area contributed by atoms with Crippen LogP contribution >= 0.6 is 0 Å². The molecule has 0 radical (unpaired) electrons. The second kappa shape index (κ2) is 4.51. The Morgan fingerprint density at radius 1 is 1.05 bits per heavy atom. The summed E-state index contributed by atoms with van der Waals surface area (Å²) in [6, 6.07) is 0. The van der Waals surface area contributed by atoms with E-state index in [2.05, 4.69) is 20.8 Å². The van der Waals surface area contributed by atoms with Crippen LogP contribution in [0.25, 0.3) is 0 Å². The van der Waals surface area contributed by atoms with Crippen LogP contribution in [0.4, 0.5) is 0 Å². The predicted molar refractivity (Wildman–Crippen MR) is 88.4 cm³/mol. The summed E-state index contributed by atoms with van der Waals surface area (Å²) in [5, 5.41) is 19.7. The van der Waals surface area contributed by atoms with Gasteiger partial charge in [0.25, 0.3) is 0 Å². The monoisotopic (exact) mass is 306 g/mol. The average molecular weight is 306 g/mol. The van der Waals surface area contributed by atoms with Crippen molar-refractivity contribution in [3.8, 4) is 0 Å². The van der Waals surface area contributed by atoms with Gasteiger partial charge in [0.05, 0.1) is 12.7 Å². The van der Waals surface area contributed by atoms with E-state index in [0.29, 0.717) is 16.2 Å². The SMILES string of the molecule is C[C@]1([C@@H](O)CO)CC[C@@]2(C)[C@@H](CC[C@@]34C[C@]3(C)CCC[C@H]24)C1. The van der Waals surface area contributed by atoms with Crippen molar-refractivity contribution in [2.75, 3.05) is 6.61 Å². The van der Waals surface area contributed by atoms with Gasteiger partial charge in [-0.05, 0) is 84.9 Å². The van der Waals surface area contributed by atoms with E-state index in [1.54, 1.807) is 0 Å². The van der Waals surface area contributed by atoms with Crippen molar-refractivity contribution in [3.63, 3.8) is 0 Å². The van der Waals surface area contributed by atoms with Gasteiger partial charge in [-0.15, -0.1) is 0 Å². The highest BCUT2D eigenvalue weighted by molar-refractivity contribution is 5.22. The summed E-state index contributed by atoms with van der Waals surface area (Å²) in [4.78, 5) is 0. The molecule has 2 heteroatoms. The standard InChI is InChI=1S/C20H34O2/c1-17(16(22)12-21)9-10-19(3)14(11-17)6-8-20-13-18(20,2)7-4-5-15(19)20/h14-16,21-22H,4-13H2,1-3H3/t14-,15+,16-,17-,18-,19-,20-/m0/s1. The molecule has 1 spiro atoms. The van der Waals surface area contributed by atoms with Gasteiger partial charge in [0.15, 0.2) is 0 Å². The lowest BCUT2D eigenvalue weighted by Crippen LogP contribution is -2.54. The maximum Gasteiger partial charge on any atom is 0.0824 e. The summed E-state index contributed by atoms with van der Waals surface area (Å²) in [7, 11) is 0. The van der Waals surface area contributed by atoms with Crippen LogP contribution in [-0.2, 0) is 0 Å². The van der Waals surface area contributed by atoms with E-state index in [9.17, 15) is 10.2 Å². The molecule has 0 bridgehead atoms. The highest BCUT2D eigenvalue weighted by Gasteiger charge is 2.73. The van der Waals surface area contributed by atoms with Gasteiger partial charge < -0.3 is 10.2 Å². The highest BCUT2D eigenvalue weighted by Crippen LogP contribution is 2.81. The number of rotatable bonds is 2. The third-order valence-electron chi connectivity index (χ3n) is 9.26. The number of fused-ring (bicyclic) bond motifs is 2. The molecule has 2 nitrogen and oxygen atoms in total. The summed E-state index contributed by atoms with van der Waals surface area (Å²) >= 11 is 0. The molecular weight excluding hydrogens is 272 g/mol. The molecule has 4 aliphatic carbocycles. The van der Waals surface area contributed by atoms with Gasteiger partial charge in [-0.1, -0.05) is 27.2 Å². The van der Waals surface area contributed by atoms with Crippen molar-refractivity contribution < 1.29 is 10.2 Å². The first-order chi connectivity index (χ1) is 10.3. The molecule has 0 aromatic rings. The summed E-state index contributed by atoms with van der Waals surface area (Å²) in [6.45, 7) is 7.27. The zero-order valence-electron chi connectivity index (χ0n) is 14.7. The molecule has 0 aromatic heterocycles. The lowest BCUT2D eigenvalue weighted by Gasteiger charge is -2.60. The minimum atomic E-state index is -0.537. The van der Waals surface area contributed by atoms with Gasteiger partial charge in [-0.2, -0.15) is 0 Å². The number of hydrogen-bond donors (Lipinski definition) is 2. The smallest absolute Gasteiger partial charge is 0.0824 e. The number of hydrogen-bond acceptors (Lipinski definition) is 2. The first kappa shape index (κ1) is 15.4. The molecule has 22 heavy (non-hydrogen) atoms. The fourth-order valence-electron chi connectivity index (χ4n) is 7.53. The van der Waals surface area contributed by atoms with Crippen LogP contribution in [0.3, 0.4) is 0 Å². The van der Waals surface area contributed by atoms with Gasteiger partial charge in [0.2, 0.25) is 0 Å². The summed E-state index contributed by atoms with van der Waals surface area (Å²) < 4.78 is 0. The Morgan fingerprint density at radius 3 is 2.55 bits per heavy atom. The van der Waals surface area contributed by atoms with Crippen LogP contribution < -0.4 is 0 Å². The molecule has 2 N–H and O–H groups in total. The molecule has 126 valence electrons. The quantitative estimate of drug-likeness (QED) is 0.805. The summed E-state index contributed by atoms with van der Waals surface area (Å²) in [5.41, 5.74) is 1.77. The van der Waals surface area contributed by atoms with Crippen LogP contribution in [0.15, 0.2) is 0 Å². The first-order valence-electron chi connectivity index (χ1n) is 9.59. The van der Waals surface area contributed by atoms with E-state index in [1.165, 1.54) is 44.9 Å². The Morgan fingerprint density at radius 2 is 1.82 bits per heavy atom. The first-order valence-corrected chi connectivity index (χ1v) is 9.59. The van der Waals surface area contributed by atoms with E-state index in [4.69, 9.17) is 0 Å². The molecule has 0 aromatic carbocycles. The molecule has 4 saturated carbocycles. The fraction of sp³-hybridized carbons (Fsp3) is 1.00. The van der Waals surface area contributed by atoms with E-state index in [1.807, 2.05) is 0 Å². The second-order valence-corrected chi connectivity index (χ2v) is 10.1. The van der Waals surface area contributed by atoms with Crippen LogP contribution in [-0.4, -0.2) is 22.9 Å². The Hall–Kier alpha value is -0.0800. The Kier molecular flexibility index (Phi) is 3.16. The largest absolute Gasteiger partial charge is 0.394 e. The maximum atomic E-state index is 10.3. The van der Waals surface area contributed by atoms with E-state index in [-0.39, 0.29) is 12.0 Å². The normalized spacial score (nSPS) is 58.2. The average Bonchev–Trinajstić information content (AvgIpc) is 3.12. The van der Waals surface area contributed by atoms with Gasteiger partial charge in [0.1, 0.15) is 0 Å². The zero-order chi connectivity index (χ0) is 15.8. The lowest BCUT2D eigenvalue weighted by molar-refractivity contribution is -0.133. The van der Waals surface area contributed by atoms with Crippen molar-refractivity contribution in [1.82, 2.24) is 0 Å². The predicted octanol–water partition coefficient (Wildman–Crippen LogP) is 4.14. The van der Waals surface area contributed by atoms with E-state index < -0.39 is 6.10 Å². The number of aliphatic hydroxyl groups excluding tert-OH is 2. The molecule has 4 rings (SSSR count). The van der Waals surface area contributed by atoms with Crippen molar-refractivity contribution in [2.24, 2.45) is 33.5 Å². The molecular formula is C20H34O2.